The van der Waals surface area contributed by atoms with E-state index in [1.807, 2.05) is 29.3 Å². The van der Waals surface area contributed by atoms with Crippen molar-refractivity contribution in [3.8, 4) is 6.07 Å². The van der Waals surface area contributed by atoms with E-state index in [1.54, 1.807) is 24.4 Å². The Hall–Kier alpha value is -2.60. The molecule has 0 aromatic carbocycles. The molecule has 3 nitrogen and oxygen atoms in total. The van der Waals surface area contributed by atoms with Crippen LogP contribution in [0.4, 0.5) is 5.82 Å². The molecule has 0 unspecified atom stereocenters. The zero-order valence-electron chi connectivity index (χ0n) is 9.30. The summed E-state index contributed by atoms with van der Waals surface area (Å²) in [5.41, 5.74) is 2.38. The molecule has 3 heteroatoms. The van der Waals surface area contributed by atoms with Crippen LogP contribution >= 0.6 is 0 Å². The van der Waals surface area contributed by atoms with Crippen LogP contribution in [0.3, 0.4) is 0 Å². The largest absolute Gasteiger partial charge is 0.302 e. The molecule has 0 aliphatic carbocycles. The molecule has 2 rings (SSSR count). The standard InChI is InChI=1S/C14H11N3/c1-3-12-6-7-17(11(2)8-12)14-5-4-13(9-15)10-16-14/h3-8,10H,1-2H2. The molecule has 1 aromatic heterocycles. The van der Waals surface area contributed by atoms with Gasteiger partial charge in [0.15, 0.2) is 0 Å². The van der Waals surface area contributed by atoms with Gasteiger partial charge in [0.1, 0.15) is 11.9 Å². The van der Waals surface area contributed by atoms with Crippen LogP contribution in [0, 0.1) is 11.3 Å². The molecule has 0 saturated carbocycles. The lowest BCUT2D eigenvalue weighted by atomic mass is 10.1. The molecule has 1 aromatic rings. The monoisotopic (exact) mass is 221 g/mol. The van der Waals surface area contributed by atoms with Gasteiger partial charge in [-0.25, -0.2) is 4.98 Å². The maximum absolute atomic E-state index is 8.70. The smallest absolute Gasteiger partial charge is 0.137 e. The van der Waals surface area contributed by atoms with E-state index in [1.165, 1.54) is 0 Å². The molecule has 17 heavy (non-hydrogen) atoms. The minimum absolute atomic E-state index is 0.544. The lowest BCUT2D eigenvalue weighted by molar-refractivity contribution is 1.11. The topological polar surface area (TPSA) is 39.9 Å². The second kappa shape index (κ2) is 4.50. The lowest BCUT2D eigenvalue weighted by Crippen LogP contribution is -2.17. The maximum atomic E-state index is 8.70. The number of nitrogens with zero attached hydrogens (tertiary/aromatic N) is 3. The molecule has 82 valence electrons. The number of aromatic nitrogens is 1. The zero-order valence-corrected chi connectivity index (χ0v) is 9.30. The maximum Gasteiger partial charge on any atom is 0.137 e. The van der Waals surface area contributed by atoms with Gasteiger partial charge >= 0.3 is 0 Å². The third kappa shape index (κ3) is 2.16. The Kier molecular flexibility index (Phi) is 2.89. The van der Waals surface area contributed by atoms with Crippen molar-refractivity contribution in [3.05, 3.63) is 72.7 Å². The first kappa shape index (κ1) is 10.9. The van der Waals surface area contributed by atoms with Gasteiger partial charge in [-0.15, -0.1) is 0 Å². The molecule has 1 aliphatic rings. The first-order valence-corrected chi connectivity index (χ1v) is 5.11. The quantitative estimate of drug-likeness (QED) is 0.770. The van der Waals surface area contributed by atoms with E-state index < -0.39 is 0 Å². The fraction of sp³-hybridized carbons (Fsp3) is 0. The van der Waals surface area contributed by atoms with Crippen molar-refractivity contribution in [1.82, 2.24) is 4.98 Å². The SMILES string of the molecule is C=CC1=CC(=C)N(c2ccc(C#N)cn2)C=C1. The van der Waals surface area contributed by atoms with Crippen LogP contribution in [-0.4, -0.2) is 4.98 Å². The summed E-state index contributed by atoms with van der Waals surface area (Å²) in [6.07, 6.45) is 9.05. The highest BCUT2D eigenvalue weighted by Crippen LogP contribution is 2.22. The van der Waals surface area contributed by atoms with Gasteiger partial charge in [-0.05, 0) is 29.9 Å². The van der Waals surface area contributed by atoms with Crippen molar-refractivity contribution in [3.63, 3.8) is 0 Å². The molecule has 0 atom stereocenters. The molecule has 0 saturated heterocycles. The Morgan fingerprint density at radius 1 is 1.41 bits per heavy atom. The molecule has 0 radical (unpaired) electrons. The van der Waals surface area contributed by atoms with Crippen LogP contribution in [0.5, 0.6) is 0 Å². The van der Waals surface area contributed by atoms with E-state index in [-0.39, 0.29) is 0 Å². The average Bonchev–Trinajstić information content (AvgIpc) is 2.39. The molecule has 0 spiro atoms. The number of hydrogen-bond donors (Lipinski definition) is 0. The summed E-state index contributed by atoms with van der Waals surface area (Å²) >= 11 is 0. The fourth-order valence-corrected chi connectivity index (χ4v) is 1.51. The molecular weight excluding hydrogens is 210 g/mol. The predicted molar refractivity (Wildman–Crippen MR) is 68.0 cm³/mol. The van der Waals surface area contributed by atoms with Crippen molar-refractivity contribution >= 4 is 5.82 Å². The molecule has 0 N–H and O–H groups in total. The van der Waals surface area contributed by atoms with Crippen LogP contribution in [0.1, 0.15) is 5.56 Å². The lowest BCUT2D eigenvalue weighted by Gasteiger charge is -2.23. The summed E-state index contributed by atoms with van der Waals surface area (Å²) in [7, 11) is 0. The second-order valence-electron chi connectivity index (χ2n) is 3.54. The van der Waals surface area contributed by atoms with Crippen molar-refractivity contribution in [2.75, 3.05) is 4.90 Å². The highest BCUT2D eigenvalue weighted by atomic mass is 15.2. The van der Waals surface area contributed by atoms with Crippen LogP contribution in [0.15, 0.2) is 67.2 Å². The number of anilines is 1. The van der Waals surface area contributed by atoms with Gasteiger partial charge in [0.2, 0.25) is 0 Å². The fourth-order valence-electron chi connectivity index (χ4n) is 1.51. The van der Waals surface area contributed by atoms with Gasteiger partial charge in [-0.2, -0.15) is 5.26 Å². The number of nitriles is 1. The van der Waals surface area contributed by atoms with Crippen LogP contribution in [-0.2, 0) is 0 Å². The molecule has 0 amide bonds. The zero-order chi connectivity index (χ0) is 12.3. The van der Waals surface area contributed by atoms with Crippen molar-refractivity contribution < 1.29 is 0 Å². The summed E-state index contributed by atoms with van der Waals surface area (Å²) in [5, 5.41) is 8.70. The number of pyridine rings is 1. The van der Waals surface area contributed by atoms with Gasteiger partial charge in [-0.1, -0.05) is 19.2 Å². The summed E-state index contributed by atoms with van der Waals surface area (Å²) in [5.74, 6) is 0.740. The number of rotatable bonds is 2. The summed E-state index contributed by atoms with van der Waals surface area (Å²) in [6.45, 7) is 7.67. The van der Waals surface area contributed by atoms with Gasteiger partial charge in [0.05, 0.1) is 5.56 Å². The summed E-state index contributed by atoms with van der Waals surface area (Å²) in [4.78, 5) is 6.07. The van der Waals surface area contributed by atoms with Crippen LogP contribution < -0.4 is 4.90 Å². The highest BCUT2D eigenvalue weighted by molar-refractivity contribution is 5.58. The molecule has 1 aliphatic heterocycles. The third-order valence-corrected chi connectivity index (χ3v) is 2.42. The Morgan fingerprint density at radius 3 is 2.76 bits per heavy atom. The van der Waals surface area contributed by atoms with Crippen molar-refractivity contribution in [2.45, 2.75) is 0 Å². The number of hydrogen-bond acceptors (Lipinski definition) is 3. The van der Waals surface area contributed by atoms with E-state index in [4.69, 9.17) is 5.26 Å². The average molecular weight is 221 g/mol. The Morgan fingerprint density at radius 2 is 2.24 bits per heavy atom. The van der Waals surface area contributed by atoms with Crippen molar-refractivity contribution in [1.29, 1.82) is 5.26 Å². The Bertz CT molecular complexity index is 556. The molecule has 0 bridgehead atoms. The minimum atomic E-state index is 0.544. The van der Waals surface area contributed by atoms with Gasteiger partial charge < -0.3 is 4.90 Å². The summed E-state index contributed by atoms with van der Waals surface area (Å²) in [6, 6.07) is 5.56. The first-order chi connectivity index (χ1) is 8.24. The predicted octanol–water partition coefficient (Wildman–Crippen LogP) is 2.91. The second-order valence-corrected chi connectivity index (χ2v) is 3.54. The third-order valence-electron chi connectivity index (χ3n) is 2.42. The van der Waals surface area contributed by atoms with E-state index in [9.17, 15) is 0 Å². The first-order valence-electron chi connectivity index (χ1n) is 5.11. The highest BCUT2D eigenvalue weighted by Gasteiger charge is 2.10. The van der Waals surface area contributed by atoms with Gasteiger partial charge in [0.25, 0.3) is 0 Å². The van der Waals surface area contributed by atoms with Crippen LogP contribution in [0.2, 0.25) is 0 Å². The number of allylic oxidation sites excluding steroid dienone is 4. The molecule has 2 heterocycles. The summed E-state index contributed by atoms with van der Waals surface area (Å²) < 4.78 is 0. The normalized spacial score (nSPS) is 14.2. The molecular formula is C14H11N3. The van der Waals surface area contributed by atoms with Gasteiger partial charge in [-0.3, -0.25) is 0 Å². The van der Waals surface area contributed by atoms with Crippen LogP contribution in [0.25, 0.3) is 0 Å². The minimum Gasteiger partial charge on any atom is -0.302 e. The van der Waals surface area contributed by atoms with Crippen molar-refractivity contribution in [2.24, 2.45) is 0 Å². The van der Waals surface area contributed by atoms with E-state index in [0.717, 1.165) is 17.1 Å². The van der Waals surface area contributed by atoms with Gasteiger partial charge in [0, 0.05) is 18.1 Å². The van der Waals surface area contributed by atoms with E-state index >= 15 is 0 Å². The van der Waals surface area contributed by atoms with E-state index in [2.05, 4.69) is 18.1 Å². The Labute approximate surface area is 100 Å². The Balaban J connectivity index is 2.28. The molecule has 0 fully saturated rings. The van der Waals surface area contributed by atoms with E-state index in [0.29, 0.717) is 5.56 Å².